The van der Waals surface area contributed by atoms with Crippen LogP contribution in [0.2, 0.25) is 0 Å². The third-order valence-corrected chi connectivity index (χ3v) is 7.10. The number of fused-ring (bicyclic) bond motifs is 1. The first-order valence-electron chi connectivity index (χ1n) is 9.08. The molecule has 5 rings (SSSR count). The summed E-state index contributed by atoms with van der Waals surface area (Å²) in [6.07, 6.45) is 2.63. The molecule has 1 fully saturated rings. The van der Waals surface area contributed by atoms with E-state index in [0.717, 1.165) is 36.2 Å². The van der Waals surface area contributed by atoms with Crippen LogP contribution in [-0.2, 0) is 30.0 Å². The highest BCUT2D eigenvalue weighted by Crippen LogP contribution is 2.39. The summed E-state index contributed by atoms with van der Waals surface area (Å²) in [5.41, 5.74) is 2.24. The minimum absolute atomic E-state index is 0.0663. The van der Waals surface area contributed by atoms with Crippen molar-refractivity contribution in [1.29, 1.82) is 0 Å². The molecule has 8 nitrogen and oxygen atoms in total. The van der Waals surface area contributed by atoms with Crippen LogP contribution in [0, 0.1) is 5.82 Å². The van der Waals surface area contributed by atoms with Crippen LogP contribution in [-0.4, -0.2) is 39.2 Å². The van der Waals surface area contributed by atoms with Crippen LogP contribution in [0.25, 0.3) is 11.6 Å². The Morgan fingerprint density at radius 3 is 2.68 bits per heavy atom. The smallest absolute Gasteiger partial charge is 0.278 e. The highest BCUT2D eigenvalue weighted by Gasteiger charge is 2.35. The van der Waals surface area contributed by atoms with E-state index in [9.17, 15) is 12.8 Å². The van der Waals surface area contributed by atoms with Crippen LogP contribution < -0.4 is 0 Å². The van der Waals surface area contributed by atoms with Crippen LogP contribution in [0.15, 0.2) is 33.7 Å². The first-order valence-corrected chi connectivity index (χ1v) is 10.5. The van der Waals surface area contributed by atoms with E-state index in [4.69, 9.17) is 4.52 Å². The van der Waals surface area contributed by atoms with E-state index < -0.39 is 15.8 Å². The van der Waals surface area contributed by atoms with Gasteiger partial charge in [0.2, 0.25) is 10.0 Å². The minimum atomic E-state index is -3.75. The number of benzene rings is 1. The van der Waals surface area contributed by atoms with Gasteiger partial charge in [-0.25, -0.2) is 12.8 Å². The highest BCUT2D eigenvalue weighted by atomic mass is 32.2. The molecular formula is C18H18FN5O3S. The van der Waals surface area contributed by atoms with Crippen molar-refractivity contribution < 1.29 is 17.3 Å². The number of sulfonamides is 1. The average Bonchev–Trinajstić information content (AvgIpc) is 3.33. The fraction of sp³-hybridized carbons (Fsp3) is 0.389. The molecule has 10 heteroatoms. The molecule has 1 aliphatic heterocycles. The minimum Gasteiger partial charge on any atom is -0.332 e. The predicted molar refractivity (Wildman–Crippen MR) is 96.2 cm³/mol. The molecule has 2 aromatic heterocycles. The number of halogens is 1. The summed E-state index contributed by atoms with van der Waals surface area (Å²) < 4.78 is 47.7. The Kier molecular flexibility index (Phi) is 3.88. The number of rotatable bonds is 4. The van der Waals surface area contributed by atoms with Gasteiger partial charge in [0.25, 0.3) is 5.89 Å². The SMILES string of the molecule is Cn1nc(-c2nc(C3CC3)no2)c2c1CCN(S(=O)(=O)c1ccc(F)cc1)C2. The van der Waals surface area contributed by atoms with E-state index in [-0.39, 0.29) is 11.4 Å². The summed E-state index contributed by atoms with van der Waals surface area (Å²) in [6.45, 7) is 0.474. The van der Waals surface area contributed by atoms with E-state index in [0.29, 0.717) is 36.3 Å². The molecule has 0 atom stereocenters. The third kappa shape index (κ3) is 2.83. The number of aromatic nitrogens is 4. The lowest BCUT2D eigenvalue weighted by Crippen LogP contribution is -2.36. The second kappa shape index (κ2) is 6.21. The predicted octanol–water partition coefficient (Wildman–Crippen LogP) is 2.23. The van der Waals surface area contributed by atoms with Crippen molar-refractivity contribution in [3.05, 3.63) is 47.2 Å². The molecule has 1 aliphatic carbocycles. The van der Waals surface area contributed by atoms with Gasteiger partial charge in [-0.05, 0) is 37.1 Å². The maximum absolute atomic E-state index is 13.2. The monoisotopic (exact) mass is 403 g/mol. The Hall–Kier alpha value is -2.59. The topological polar surface area (TPSA) is 94.1 Å². The molecule has 1 aromatic carbocycles. The van der Waals surface area contributed by atoms with Gasteiger partial charge >= 0.3 is 0 Å². The summed E-state index contributed by atoms with van der Waals surface area (Å²) in [5, 5.41) is 8.54. The van der Waals surface area contributed by atoms with Crippen molar-refractivity contribution in [1.82, 2.24) is 24.2 Å². The fourth-order valence-corrected chi connectivity index (χ4v) is 4.95. The van der Waals surface area contributed by atoms with Crippen molar-refractivity contribution in [2.75, 3.05) is 6.54 Å². The summed E-state index contributed by atoms with van der Waals surface area (Å²) in [7, 11) is -1.92. The Morgan fingerprint density at radius 2 is 1.96 bits per heavy atom. The zero-order valence-corrected chi connectivity index (χ0v) is 16.0. The number of hydrogen-bond donors (Lipinski definition) is 0. The molecular weight excluding hydrogens is 385 g/mol. The van der Waals surface area contributed by atoms with Gasteiger partial charge in [0.05, 0.1) is 4.90 Å². The second-order valence-electron chi connectivity index (χ2n) is 7.17. The third-order valence-electron chi connectivity index (χ3n) is 5.25. The summed E-state index contributed by atoms with van der Waals surface area (Å²) >= 11 is 0. The average molecular weight is 403 g/mol. The van der Waals surface area contributed by atoms with Crippen molar-refractivity contribution in [3.8, 4) is 11.6 Å². The Bertz CT molecular complexity index is 1150. The molecule has 0 amide bonds. The number of nitrogens with zero attached hydrogens (tertiary/aromatic N) is 5. The Morgan fingerprint density at radius 1 is 1.21 bits per heavy atom. The second-order valence-corrected chi connectivity index (χ2v) is 9.11. The van der Waals surface area contributed by atoms with Crippen molar-refractivity contribution in [2.45, 2.75) is 36.6 Å². The van der Waals surface area contributed by atoms with Crippen LogP contribution in [0.3, 0.4) is 0 Å². The van der Waals surface area contributed by atoms with Gasteiger partial charge in [0, 0.05) is 43.7 Å². The molecule has 3 aromatic rings. The van der Waals surface area contributed by atoms with Gasteiger partial charge in [-0.1, -0.05) is 5.16 Å². The number of hydrogen-bond acceptors (Lipinski definition) is 6. The van der Waals surface area contributed by atoms with Crippen molar-refractivity contribution in [2.24, 2.45) is 7.05 Å². The molecule has 0 radical (unpaired) electrons. The fourth-order valence-electron chi connectivity index (χ4n) is 3.54. The molecule has 0 saturated heterocycles. The zero-order chi connectivity index (χ0) is 19.5. The maximum Gasteiger partial charge on any atom is 0.278 e. The maximum atomic E-state index is 13.2. The van der Waals surface area contributed by atoms with Crippen LogP contribution in [0.1, 0.15) is 35.8 Å². The molecule has 0 unspecified atom stereocenters. The molecule has 0 N–H and O–H groups in total. The molecule has 28 heavy (non-hydrogen) atoms. The summed E-state index contributed by atoms with van der Waals surface area (Å²) in [4.78, 5) is 4.52. The van der Waals surface area contributed by atoms with Gasteiger partial charge in [-0.3, -0.25) is 4.68 Å². The van der Waals surface area contributed by atoms with E-state index in [2.05, 4.69) is 15.2 Å². The first-order chi connectivity index (χ1) is 13.4. The molecule has 1 saturated carbocycles. The first kappa shape index (κ1) is 17.5. The standard InChI is InChI=1S/C18H18FN5O3S/c1-23-15-8-9-24(28(25,26)13-6-4-12(19)5-7-13)10-14(15)16(21-23)18-20-17(22-27-18)11-2-3-11/h4-7,11H,2-3,8-10H2,1H3. The van der Waals surface area contributed by atoms with Crippen LogP contribution in [0.5, 0.6) is 0 Å². The van der Waals surface area contributed by atoms with E-state index >= 15 is 0 Å². The molecule has 146 valence electrons. The largest absolute Gasteiger partial charge is 0.332 e. The summed E-state index contributed by atoms with van der Waals surface area (Å²) in [5.74, 6) is 0.880. The molecule has 0 spiro atoms. The quantitative estimate of drug-likeness (QED) is 0.663. The summed E-state index contributed by atoms with van der Waals surface area (Å²) in [6, 6.07) is 4.86. The van der Waals surface area contributed by atoms with Crippen LogP contribution >= 0.6 is 0 Å². The number of aryl methyl sites for hydroxylation is 1. The molecule has 2 aliphatic rings. The zero-order valence-electron chi connectivity index (χ0n) is 15.2. The lowest BCUT2D eigenvalue weighted by atomic mass is 10.1. The van der Waals surface area contributed by atoms with Gasteiger partial charge < -0.3 is 4.52 Å². The molecule has 3 heterocycles. The van der Waals surface area contributed by atoms with Crippen molar-refractivity contribution >= 4 is 10.0 Å². The Balaban J connectivity index is 1.50. The van der Waals surface area contributed by atoms with Gasteiger partial charge in [-0.15, -0.1) is 0 Å². The van der Waals surface area contributed by atoms with Gasteiger partial charge in [0.15, 0.2) is 11.5 Å². The lowest BCUT2D eigenvalue weighted by Gasteiger charge is -2.26. The van der Waals surface area contributed by atoms with Crippen molar-refractivity contribution in [3.63, 3.8) is 0 Å². The van der Waals surface area contributed by atoms with Gasteiger partial charge in [0.1, 0.15) is 5.82 Å². The highest BCUT2D eigenvalue weighted by molar-refractivity contribution is 7.89. The van der Waals surface area contributed by atoms with Gasteiger partial charge in [-0.2, -0.15) is 14.4 Å². The van der Waals surface area contributed by atoms with E-state index in [1.807, 2.05) is 7.05 Å². The molecule has 0 bridgehead atoms. The van der Waals surface area contributed by atoms with E-state index in [1.54, 1.807) is 4.68 Å². The van der Waals surface area contributed by atoms with Crippen LogP contribution in [0.4, 0.5) is 4.39 Å². The Labute approximate surface area is 161 Å². The van der Waals surface area contributed by atoms with E-state index in [1.165, 1.54) is 16.4 Å². The lowest BCUT2D eigenvalue weighted by molar-refractivity contribution is 0.385. The normalized spacial score (nSPS) is 17.6.